The van der Waals surface area contributed by atoms with Crippen LogP contribution >= 0.6 is 0 Å². The molecule has 116 valence electrons. The number of carbonyl (C=O) groups is 1. The van der Waals surface area contributed by atoms with Crippen molar-refractivity contribution in [1.29, 1.82) is 0 Å². The fourth-order valence-corrected chi connectivity index (χ4v) is 3.78. The maximum atomic E-state index is 11.6. The molecule has 1 amide bonds. The average Bonchev–Trinajstić information content (AvgIpc) is 2.80. The second-order valence-electron chi connectivity index (χ2n) is 6.62. The predicted molar refractivity (Wildman–Crippen MR) is 79.1 cm³/mol. The van der Waals surface area contributed by atoms with Crippen LogP contribution in [0.25, 0.3) is 0 Å². The summed E-state index contributed by atoms with van der Waals surface area (Å²) in [4.78, 5) is 14.0. The summed E-state index contributed by atoms with van der Waals surface area (Å²) < 4.78 is 5.54. The predicted octanol–water partition coefficient (Wildman–Crippen LogP) is 0.716. The Morgan fingerprint density at radius 2 is 2.20 bits per heavy atom. The van der Waals surface area contributed by atoms with Crippen LogP contribution in [0.4, 0.5) is 0 Å². The van der Waals surface area contributed by atoms with Gasteiger partial charge in [-0.1, -0.05) is 13.3 Å². The van der Waals surface area contributed by atoms with Gasteiger partial charge < -0.3 is 21.1 Å². The molecule has 0 aromatic carbocycles. The fourth-order valence-electron chi connectivity index (χ4n) is 3.78. The van der Waals surface area contributed by atoms with Crippen LogP contribution < -0.4 is 11.5 Å². The quantitative estimate of drug-likeness (QED) is 0.779. The molecule has 1 heterocycles. The Bertz CT molecular complexity index is 350. The van der Waals surface area contributed by atoms with E-state index in [9.17, 15) is 4.79 Å². The lowest BCUT2D eigenvalue weighted by Gasteiger charge is -2.37. The van der Waals surface area contributed by atoms with Crippen LogP contribution in [0.5, 0.6) is 0 Å². The number of primary amides is 1. The Hall–Kier alpha value is -0.650. The highest BCUT2D eigenvalue weighted by molar-refractivity contribution is 5.85. The lowest BCUT2D eigenvalue weighted by Crippen LogP contribution is -2.55. The van der Waals surface area contributed by atoms with Crippen molar-refractivity contribution in [3.63, 3.8) is 0 Å². The zero-order valence-electron chi connectivity index (χ0n) is 12.8. The molecule has 0 spiro atoms. The van der Waals surface area contributed by atoms with Gasteiger partial charge in [-0.05, 0) is 50.6 Å². The third-order valence-electron chi connectivity index (χ3n) is 5.40. The molecule has 20 heavy (non-hydrogen) atoms. The number of methoxy groups -OCH3 is 1. The zero-order valence-corrected chi connectivity index (χ0v) is 12.8. The molecular formula is C15H29N3O2. The van der Waals surface area contributed by atoms with E-state index in [-0.39, 0.29) is 11.8 Å². The molecule has 1 aliphatic heterocycles. The van der Waals surface area contributed by atoms with Crippen LogP contribution in [0.2, 0.25) is 0 Å². The van der Waals surface area contributed by atoms with Crippen LogP contribution in [-0.2, 0) is 9.53 Å². The zero-order chi connectivity index (χ0) is 14.8. The number of piperidine rings is 1. The summed E-state index contributed by atoms with van der Waals surface area (Å²) in [6.45, 7) is 5.34. The summed E-state index contributed by atoms with van der Waals surface area (Å²) in [5.41, 5.74) is 10.9. The van der Waals surface area contributed by atoms with Crippen LogP contribution in [0.1, 0.15) is 39.0 Å². The Balaban J connectivity index is 1.85. The molecule has 1 saturated carbocycles. The third kappa shape index (κ3) is 3.15. The highest BCUT2D eigenvalue weighted by Crippen LogP contribution is 2.36. The Morgan fingerprint density at radius 1 is 1.45 bits per heavy atom. The van der Waals surface area contributed by atoms with Gasteiger partial charge in [0.15, 0.2) is 0 Å². The number of hydrogen-bond donors (Lipinski definition) is 2. The van der Waals surface area contributed by atoms with E-state index < -0.39 is 5.54 Å². The van der Waals surface area contributed by atoms with Crippen LogP contribution in [-0.4, -0.2) is 49.2 Å². The summed E-state index contributed by atoms with van der Waals surface area (Å²) in [6.07, 6.45) is 5.24. The maximum Gasteiger partial charge on any atom is 0.237 e. The monoisotopic (exact) mass is 283 g/mol. The topological polar surface area (TPSA) is 81.6 Å². The largest absolute Gasteiger partial charge is 0.380 e. The molecule has 0 aromatic rings. The van der Waals surface area contributed by atoms with E-state index in [0.29, 0.717) is 12.0 Å². The molecule has 1 saturated heterocycles. The number of likely N-dealkylation sites (tertiary alicyclic amines) is 1. The van der Waals surface area contributed by atoms with Crippen LogP contribution in [0.15, 0.2) is 0 Å². The van der Waals surface area contributed by atoms with Gasteiger partial charge in [0.1, 0.15) is 0 Å². The van der Waals surface area contributed by atoms with Crippen molar-refractivity contribution in [2.75, 3.05) is 26.7 Å². The molecule has 2 rings (SSSR count). The average molecular weight is 283 g/mol. The van der Waals surface area contributed by atoms with E-state index in [1.807, 2.05) is 0 Å². The molecule has 5 nitrogen and oxygen atoms in total. The molecule has 4 atom stereocenters. The minimum Gasteiger partial charge on any atom is -0.380 e. The first-order valence-electron chi connectivity index (χ1n) is 7.81. The smallest absolute Gasteiger partial charge is 0.237 e. The molecule has 0 bridgehead atoms. The lowest BCUT2D eigenvalue weighted by atomic mass is 9.84. The van der Waals surface area contributed by atoms with Gasteiger partial charge in [0.25, 0.3) is 0 Å². The van der Waals surface area contributed by atoms with Crippen molar-refractivity contribution in [2.45, 2.75) is 50.7 Å². The minimum absolute atomic E-state index is 0.236. The van der Waals surface area contributed by atoms with E-state index in [0.717, 1.165) is 45.3 Å². The summed E-state index contributed by atoms with van der Waals surface area (Å²) in [5.74, 6) is 0.532. The molecule has 5 heteroatoms. The van der Waals surface area contributed by atoms with Crippen LogP contribution in [0, 0.1) is 11.8 Å². The van der Waals surface area contributed by atoms with Gasteiger partial charge in [-0.25, -0.2) is 0 Å². The number of ether oxygens (including phenoxy) is 1. The Labute approximate surface area is 122 Å². The van der Waals surface area contributed by atoms with Crippen molar-refractivity contribution < 1.29 is 9.53 Å². The van der Waals surface area contributed by atoms with E-state index in [1.165, 1.54) is 6.42 Å². The van der Waals surface area contributed by atoms with Gasteiger partial charge in [-0.2, -0.15) is 0 Å². The van der Waals surface area contributed by atoms with Crippen LogP contribution in [0.3, 0.4) is 0 Å². The second kappa shape index (κ2) is 6.41. The van der Waals surface area contributed by atoms with Crippen molar-refractivity contribution in [3.05, 3.63) is 0 Å². The first-order valence-corrected chi connectivity index (χ1v) is 7.81. The summed E-state index contributed by atoms with van der Waals surface area (Å²) >= 11 is 0. The molecular weight excluding hydrogens is 254 g/mol. The SMILES string of the molecule is COC1CN(CCC2CCCC2(N)C(N)=O)CCC1C. The van der Waals surface area contributed by atoms with E-state index in [2.05, 4.69) is 11.8 Å². The van der Waals surface area contributed by atoms with Gasteiger partial charge in [0, 0.05) is 13.7 Å². The standard InChI is InChI=1S/C15H29N3O2/c1-11-5-8-18(10-13(11)20-2)9-6-12-4-3-7-15(12,17)14(16)19/h11-13H,3-10,17H2,1-2H3,(H2,16,19). The van der Waals surface area contributed by atoms with Crippen molar-refractivity contribution in [1.82, 2.24) is 4.90 Å². The number of hydrogen-bond acceptors (Lipinski definition) is 4. The molecule has 0 radical (unpaired) electrons. The normalized spacial score (nSPS) is 39.0. The molecule has 1 aliphatic carbocycles. The number of nitrogens with two attached hydrogens (primary N) is 2. The highest BCUT2D eigenvalue weighted by Gasteiger charge is 2.44. The third-order valence-corrected chi connectivity index (χ3v) is 5.40. The number of amides is 1. The van der Waals surface area contributed by atoms with Gasteiger partial charge in [-0.3, -0.25) is 4.79 Å². The maximum absolute atomic E-state index is 11.6. The van der Waals surface area contributed by atoms with E-state index >= 15 is 0 Å². The number of rotatable bonds is 5. The minimum atomic E-state index is -0.774. The highest BCUT2D eigenvalue weighted by atomic mass is 16.5. The van der Waals surface area contributed by atoms with Gasteiger partial charge in [0.2, 0.25) is 5.91 Å². The summed E-state index contributed by atoms with van der Waals surface area (Å²) in [6, 6.07) is 0. The second-order valence-corrected chi connectivity index (χ2v) is 6.62. The first kappa shape index (κ1) is 15.7. The van der Waals surface area contributed by atoms with Crippen molar-refractivity contribution >= 4 is 5.91 Å². The van der Waals surface area contributed by atoms with Crippen molar-refractivity contribution in [3.8, 4) is 0 Å². The fraction of sp³-hybridized carbons (Fsp3) is 0.933. The van der Waals surface area contributed by atoms with Gasteiger partial charge in [0.05, 0.1) is 11.6 Å². The summed E-state index contributed by atoms with van der Waals surface area (Å²) in [5, 5.41) is 0. The molecule has 2 fully saturated rings. The Kier molecular flexibility index (Phi) is 5.04. The number of nitrogens with zero attached hydrogens (tertiary/aromatic N) is 1. The molecule has 2 aliphatic rings. The van der Waals surface area contributed by atoms with Crippen molar-refractivity contribution in [2.24, 2.45) is 23.3 Å². The first-order chi connectivity index (χ1) is 9.47. The molecule has 4 unspecified atom stereocenters. The van der Waals surface area contributed by atoms with Gasteiger partial charge >= 0.3 is 0 Å². The lowest BCUT2D eigenvalue weighted by molar-refractivity contribution is -0.124. The Morgan fingerprint density at radius 3 is 2.85 bits per heavy atom. The van der Waals surface area contributed by atoms with E-state index in [1.54, 1.807) is 7.11 Å². The molecule has 4 N–H and O–H groups in total. The summed E-state index contributed by atoms with van der Waals surface area (Å²) in [7, 11) is 1.79. The number of carbonyl (C=O) groups excluding carboxylic acids is 1. The van der Waals surface area contributed by atoms with Gasteiger partial charge in [-0.15, -0.1) is 0 Å². The van der Waals surface area contributed by atoms with E-state index in [4.69, 9.17) is 16.2 Å². The molecule has 0 aromatic heterocycles.